The number of rotatable bonds is 4. The van der Waals surface area contributed by atoms with E-state index < -0.39 is 0 Å². The van der Waals surface area contributed by atoms with E-state index in [1.54, 1.807) is 0 Å². The highest BCUT2D eigenvalue weighted by Crippen LogP contribution is 2.33. The summed E-state index contributed by atoms with van der Waals surface area (Å²) in [6, 6.07) is 18.4. The molecule has 0 bridgehead atoms. The van der Waals surface area contributed by atoms with Crippen LogP contribution >= 0.6 is 22.9 Å². The van der Waals surface area contributed by atoms with E-state index in [-0.39, 0.29) is 5.56 Å². The molecule has 4 aromatic rings. The molecule has 0 unspecified atom stereocenters. The van der Waals surface area contributed by atoms with Gasteiger partial charge in [0.05, 0.1) is 5.52 Å². The Hall–Kier alpha value is -2.63. The van der Waals surface area contributed by atoms with Gasteiger partial charge in [-0.2, -0.15) is 0 Å². The summed E-state index contributed by atoms with van der Waals surface area (Å²) in [4.78, 5) is 22.8. The van der Waals surface area contributed by atoms with E-state index in [2.05, 4.69) is 40.2 Å². The van der Waals surface area contributed by atoms with Crippen LogP contribution in [0.25, 0.3) is 21.3 Å². The third-order valence-corrected chi connectivity index (χ3v) is 7.07. The quantitative estimate of drug-likeness (QED) is 0.443. The monoisotopic (exact) mass is 435 g/mol. The van der Waals surface area contributed by atoms with Gasteiger partial charge in [0, 0.05) is 29.1 Å². The van der Waals surface area contributed by atoms with Crippen LogP contribution in [0.4, 0.5) is 5.95 Å². The number of benzene rings is 2. The predicted octanol–water partition coefficient (Wildman–Crippen LogP) is 5.76. The maximum atomic E-state index is 12.7. The second kappa shape index (κ2) is 8.25. The Labute approximate surface area is 184 Å². The van der Waals surface area contributed by atoms with Crippen molar-refractivity contribution in [1.82, 2.24) is 9.97 Å². The molecular formula is C24H22ClN3OS. The molecule has 0 saturated carbocycles. The van der Waals surface area contributed by atoms with Crippen molar-refractivity contribution in [1.29, 1.82) is 0 Å². The number of nitrogens with one attached hydrogen (secondary N) is 1. The first-order valence-electron chi connectivity index (χ1n) is 10.2. The molecule has 1 saturated heterocycles. The van der Waals surface area contributed by atoms with Gasteiger partial charge in [0.25, 0.3) is 5.56 Å². The molecule has 1 N–H and O–H groups in total. The van der Waals surface area contributed by atoms with Crippen molar-refractivity contribution in [2.45, 2.75) is 19.3 Å². The number of thiophene rings is 1. The minimum atomic E-state index is -0.0633. The van der Waals surface area contributed by atoms with Gasteiger partial charge in [0.15, 0.2) is 0 Å². The number of piperidine rings is 1. The van der Waals surface area contributed by atoms with Crippen molar-refractivity contribution in [2.24, 2.45) is 5.92 Å². The Morgan fingerprint density at radius 1 is 1.07 bits per heavy atom. The summed E-state index contributed by atoms with van der Waals surface area (Å²) in [5, 5.41) is 2.70. The number of nitrogens with zero attached hydrogens (tertiary/aromatic N) is 2. The van der Waals surface area contributed by atoms with Gasteiger partial charge in [0.1, 0.15) is 4.70 Å². The summed E-state index contributed by atoms with van der Waals surface area (Å²) < 4.78 is 0.669. The van der Waals surface area contributed by atoms with Gasteiger partial charge in [-0.15, -0.1) is 11.3 Å². The van der Waals surface area contributed by atoms with Gasteiger partial charge in [-0.25, -0.2) is 4.98 Å². The molecule has 2 aromatic heterocycles. The molecule has 3 heterocycles. The van der Waals surface area contributed by atoms with Crippen LogP contribution in [-0.4, -0.2) is 23.1 Å². The van der Waals surface area contributed by atoms with Crippen molar-refractivity contribution in [3.8, 4) is 11.1 Å². The lowest BCUT2D eigenvalue weighted by Crippen LogP contribution is -2.36. The van der Waals surface area contributed by atoms with Gasteiger partial charge < -0.3 is 4.90 Å². The Balaban J connectivity index is 1.38. The summed E-state index contributed by atoms with van der Waals surface area (Å²) in [6.07, 6.45) is 3.32. The van der Waals surface area contributed by atoms with Crippen molar-refractivity contribution in [3.05, 3.63) is 80.9 Å². The highest BCUT2D eigenvalue weighted by molar-refractivity contribution is 7.17. The minimum Gasteiger partial charge on any atom is -0.342 e. The fraction of sp³-hybridized carbons (Fsp3) is 0.250. The minimum absolute atomic E-state index is 0.0633. The molecule has 0 aliphatic carbocycles. The molecule has 1 fully saturated rings. The summed E-state index contributed by atoms with van der Waals surface area (Å²) in [6.45, 7) is 1.82. The molecule has 6 heteroatoms. The summed E-state index contributed by atoms with van der Waals surface area (Å²) >= 11 is 7.47. The predicted molar refractivity (Wildman–Crippen MR) is 126 cm³/mol. The van der Waals surface area contributed by atoms with Crippen LogP contribution in [0.15, 0.2) is 64.8 Å². The zero-order chi connectivity index (χ0) is 20.5. The molecule has 0 amide bonds. The Bertz CT molecular complexity index is 1210. The maximum Gasteiger partial charge on any atom is 0.270 e. The van der Waals surface area contributed by atoms with Crippen LogP contribution in [0, 0.1) is 5.92 Å². The van der Waals surface area contributed by atoms with E-state index in [9.17, 15) is 4.79 Å². The number of aromatic amines is 1. The smallest absolute Gasteiger partial charge is 0.270 e. The fourth-order valence-corrected chi connectivity index (χ4v) is 5.23. The maximum absolute atomic E-state index is 12.7. The van der Waals surface area contributed by atoms with Crippen LogP contribution in [0.5, 0.6) is 0 Å². The molecular weight excluding hydrogens is 414 g/mol. The van der Waals surface area contributed by atoms with Gasteiger partial charge >= 0.3 is 0 Å². The zero-order valence-corrected chi connectivity index (χ0v) is 18.0. The second-order valence-corrected chi connectivity index (χ2v) is 9.16. The lowest BCUT2D eigenvalue weighted by molar-refractivity contribution is 0.400. The average molecular weight is 436 g/mol. The summed E-state index contributed by atoms with van der Waals surface area (Å²) in [5.41, 5.74) is 4.11. The molecule has 1 aliphatic heterocycles. The van der Waals surface area contributed by atoms with Gasteiger partial charge in [0.2, 0.25) is 5.95 Å². The SMILES string of the molecule is O=c1[nH]c(N2CCC(Cc3ccccc3)CC2)nc2c(-c3ccc(Cl)cc3)csc12. The summed E-state index contributed by atoms with van der Waals surface area (Å²) in [5.74, 6) is 1.35. The summed E-state index contributed by atoms with van der Waals surface area (Å²) in [7, 11) is 0. The molecule has 4 nitrogen and oxygen atoms in total. The van der Waals surface area contributed by atoms with Crippen molar-refractivity contribution >= 4 is 39.1 Å². The molecule has 30 heavy (non-hydrogen) atoms. The average Bonchev–Trinajstić information content (AvgIpc) is 3.20. The highest BCUT2D eigenvalue weighted by atomic mass is 35.5. The van der Waals surface area contributed by atoms with Crippen LogP contribution in [0.2, 0.25) is 5.02 Å². The Kier molecular flexibility index (Phi) is 5.32. The highest BCUT2D eigenvalue weighted by Gasteiger charge is 2.22. The third kappa shape index (κ3) is 3.87. The number of aromatic nitrogens is 2. The number of anilines is 1. The molecule has 152 valence electrons. The first-order valence-corrected chi connectivity index (χ1v) is 11.5. The second-order valence-electron chi connectivity index (χ2n) is 7.84. The van der Waals surface area contributed by atoms with E-state index in [1.807, 2.05) is 29.6 Å². The van der Waals surface area contributed by atoms with Crippen molar-refractivity contribution < 1.29 is 0 Å². The van der Waals surface area contributed by atoms with Crippen LogP contribution in [0.1, 0.15) is 18.4 Å². The lowest BCUT2D eigenvalue weighted by Gasteiger charge is -2.32. The third-order valence-electron chi connectivity index (χ3n) is 5.85. The standard InChI is InChI=1S/C24H22ClN3OS/c25-19-8-6-18(7-9-19)20-15-30-22-21(20)26-24(27-23(22)29)28-12-10-17(11-13-28)14-16-4-2-1-3-5-16/h1-9,15,17H,10-14H2,(H,26,27,29). The van der Waals surface area contributed by atoms with Crippen LogP contribution < -0.4 is 10.5 Å². The topological polar surface area (TPSA) is 49.0 Å². The van der Waals surface area contributed by atoms with Crippen molar-refractivity contribution in [2.75, 3.05) is 18.0 Å². The van der Waals surface area contributed by atoms with Crippen LogP contribution in [-0.2, 0) is 6.42 Å². The number of hydrogen-bond acceptors (Lipinski definition) is 4. The first kappa shape index (κ1) is 19.3. The van der Waals surface area contributed by atoms with E-state index in [1.165, 1.54) is 16.9 Å². The molecule has 5 rings (SSSR count). The molecule has 0 atom stereocenters. The van der Waals surface area contributed by atoms with Gasteiger partial charge in [-0.3, -0.25) is 9.78 Å². The Morgan fingerprint density at radius 2 is 1.80 bits per heavy atom. The fourth-order valence-electron chi connectivity index (χ4n) is 4.20. The van der Waals surface area contributed by atoms with E-state index >= 15 is 0 Å². The Morgan fingerprint density at radius 3 is 2.53 bits per heavy atom. The molecule has 0 spiro atoms. The first-order chi connectivity index (χ1) is 14.7. The lowest BCUT2D eigenvalue weighted by atomic mass is 9.90. The van der Waals surface area contributed by atoms with Gasteiger partial charge in [-0.05, 0) is 48.4 Å². The number of H-pyrrole nitrogens is 1. The van der Waals surface area contributed by atoms with E-state index in [4.69, 9.17) is 16.6 Å². The zero-order valence-electron chi connectivity index (χ0n) is 16.5. The van der Waals surface area contributed by atoms with E-state index in [0.29, 0.717) is 21.6 Å². The number of halogens is 1. The number of hydrogen-bond donors (Lipinski definition) is 1. The van der Waals surface area contributed by atoms with Crippen molar-refractivity contribution in [3.63, 3.8) is 0 Å². The molecule has 2 aromatic carbocycles. The number of fused-ring (bicyclic) bond motifs is 1. The molecule has 0 radical (unpaired) electrons. The molecule has 1 aliphatic rings. The van der Waals surface area contributed by atoms with Gasteiger partial charge in [-0.1, -0.05) is 54.1 Å². The van der Waals surface area contributed by atoms with E-state index in [0.717, 1.165) is 49.0 Å². The normalized spacial score (nSPS) is 15.0. The largest absolute Gasteiger partial charge is 0.342 e. The van der Waals surface area contributed by atoms with Crippen LogP contribution in [0.3, 0.4) is 0 Å².